The zero-order valence-corrected chi connectivity index (χ0v) is 16.6. The molecule has 0 saturated heterocycles. The quantitative estimate of drug-likeness (QED) is 0.593. The van der Waals surface area contributed by atoms with Gasteiger partial charge in [-0.1, -0.05) is 0 Å². The van der Waals surface area contributed by atoms with Gasteiger partial charge in [-0.25, -0.2) is 9.97 Å². The van der Waals surface area contributed by atoms with E-state index >= 15 is 0 Å². The van der Waals surface area contributed by atoms with E-state index in [1.54, 1.807) is 24.7 Å². The molecule has 0 radical (unpaired) electrons. The fourth-order valence-electron chi connectivity index (χ4n) is 2.91. The van der Waals surface area contributed by atoms with Crippen LogP contribution in [0.15, 0.2) is 29.9 Å². The Kier molecular flexibility index (Phi) is 5.31. The zero-order valence-electron chi connectivity index (χ0n) is 15.0. The molecule has 4 rings (SSSR count). The highest BCUT2D eigenvalue weighted by molar-refractivity contribution is 7.16. The lowest BCUT2D eigenvalue weighted by molar-refractivity contribution is -0.145. The normalized spacial score (nSPS) is 15.1. The number of ether oxygens (including phenoxy) is 1. The highest BCUT2D eigenvalue weighted by Gasteiger charge is 2.33. The third-order valence-corrected chi connectivity index (χ3v) is 5.96. The standard InChI is InChI=1S/C18H17N5O3S2/c1-2-26-16(25)11-5-6-13-14(11)22-18(28-13)23-15(24)12-9-27-17(21-12)20-10-4-3-7-19-8-10/h3-4,7-9,11H,2,5-6H2,1H3,(H,20,21)(H,22,23,24). The number of amides is 1. The summed E-state index contributed by atoms with van der Waals surface area (Å²) >= 11 is 2.72. The average molecular weight is 416 g/mol. The number of aromatic nitrogens is 3. The minimum atomic E-state index is -0.341. The summed E-state index contributed by atoms with van der Waals surface area (Å²) in [4.78, 5) is 38.3. The molecule has 28 heavy (non-hydrogen) atoms. The molecular weight excluding hydrogens is 398 g/mol. The molecule has 10 heteroatoms. The number of thiazole rings is 2. The molecule has 1 aliphatic carbocycles. The maximum absolute atomic E-state index is 12.5. The summed E-state index contributed by atoms with van der Waals surface area (Å²) in [5.41, 5.74) is 1.81. The number of hydrogen-bond acceptors (Lipinski definition) is 9. The summed E-state index contributed by atoms with van der Waals surface area (Å²) in [6.45, 7) is 2.13. The second kappa shape index (κ2) is 8.03. The Hall–Kier alpha value is -2.85. The minimum absolute atomic E-state index is 0.255. The van der Waals surface area contributed by atoms with Crippen LogP contribution in [0.2, 0.25) is 0 Å². The first-order valence-electron chi connectivity index (χ1n) is 8.74. The third-order valence-electron chi connectivity index (χ3n) is 4.16. The monoisotopic (exact) mass is 415 g/mol. The van der Waals surface area contributed by atoms with Crippen LogP contribution in [0, 0.1) is 0 Å². The number of hydrogen-bond donors (Lipinski definition) is 2. The van der Waals surface area contributed by atoms with Crippen molar-refractivity contribution in [2.75, 3.05) is 17.2 Å². The van der Waals surface area contributed by atoms with Crippen molar-refractivity contribution >= 4 is 50.5 Å². The van der Waals surface area contributed by atoms with Crippen molar-refractivity contribution in [2.24, 2.45) is 0 Å². The van der Waals surface area contributed by atoms with Gasteiger partial charge in [0, 0.05) is 16.5 Å². The Morgan fingerprint density at radius 2 is 2.21 bits per heavy atom. The first kappa shape index (κ1) is 18.5. The van der Waals surface area contributed by atoms with Gasteiger partial charge in [0.15, 0.2) is 10.3 Å². The van der Waals surface area contributed by atoms with Crippen molar-refractivity contribution in [1.29, 1.82) is 0 Å². The first-order valence-corrected chi connectivity index (χ1v) is 10.4. The van der Waals surface area contributed by atoms with Crippen LogP contribution in [0.5, 0.6) is 0 Å². The largest absolute Gasteiger partial charge is 0.465 e. The van der Waals surface area contributed by atoms with Gasteiger partial charge in [-0.3, -0.25) is 19.9 Å². The summed E-state index contributed by atoms with van der Waals surface area (Å²) in [7, 11) is 0. The molecule has 0 fully saturated rings. The van der Waals surface area contributed by atoms with Crippen LogP contribution in [-0.2, 0) is 16.0 Å². The molecule has 1 unspecified atom stereocenters. The maximum Gasteiger partial charge on any atom is 0.315 e. The maximum atomic E-state index is 12.5. The van der Waals surface area contributed by atoms with Crippen LogP contribution >= 0.6 is 22.7 Å². The van der Waals surface area contributed by atoms with Crippen molar-refractivity contribution in [3.63, 3.8) is 0 Å². The fraction of sp³-hybridized carbons (Fsp3) is 0.278. The lowest BCUT2D eigenvalue weighted by Gasteiger charge is -2.07. The molecular formula is C18H17N5O3S2. The highest BCUT2D eigenvalue weighted by atomic mass is 32.1. The molecule has 0 aliphatic heterocycles. The number of nitrogens with one attached hydrogen (secondary N) is 2. The zero-order chi connectivity index (χ0) is 19.5. The SMILES string of the molecule is CCOC(=O)C1CCc2sc(NC(=O)c3csc(Nc4cccnc4)n3)nc21. The Morgan fingerprint density at radius 3 is 3.00 bits per heavy atom. The summed E-state index contributed by atoms with van der Waals surface area (Å²) in [6, 6.07) is 3.68. The van der Waals surface area contributed by atoms with E-state index in [4.69, 9.17) is 4.74 Å². The molecule has 8 nitrogen and oxygen atoms in total. The number of esters is 1. The van der Waals surface area contributed by atoms with Crippen LogP contribution in [0.4, 0.5) is 16.0 Å². The molecule has 2 N–H and O–H groups in total. The van der Waals surface area contributed by atoms with Gasteiger partial charge in [0.05, 0.1) is 24.2 Å². The molecule has 3 aromatic rings. The average Bonchev–Trinajstić information content (AvgIpc) is 3.38. The van der Waals surface area contributed by atoms with Gasteiger partial charge < -0.3 is 10.1 Å². The Morgan fingerprint density at radius 1 is 1.32 bits per heavy atom. The molecule has 3 heterocycles. The number of fused-ring (bicyclic) bond motifs is 1. The van der Waals surface area contributed by atoms with Crippen molar-refractivity contribution in [1.82, 2.24) is 15.0 Å². The number of anilines is 3. The number of rotatable bonds is 6. The number of aryl methyl sites for hydroxylation is 1. The van der Waals surface area contributed by atoms with E-state index in [2.05, 4.69) is 25.6 Å². The molecule has 1 amide bonds. The fourth-order valence-corrected chi connectivity index (χ4v) is 4.65. The first-order chi connectivity index (χ1) is 13.6. The van der Waals surface area contributed by atoms with Crippen LogP contribution < -0.4 is 10.6 Å². The van der Waals surface area contributed by atoms with Crippen molar-refractivity contribution in [2.45, 2.75) is 25.7 Å². The van der Waals surface area contributed by atoms with Crippen LogP contribution in [-0.4, -0.2) is 33.4 Å². The van der Waals surface area contributed by atoms with E-state index in [9.17, 15) is 9.59 Å². The summed E-state index contributed by atoms with van der Waals surface area (Å²) in [5.74, 6) is -0.933. The highest BCUT2D eigenvalue weighted by Crippen LogP contribution is 2.39. The lowest BCUT2D eigenvalue weighted by atomic mass is 10.1. The summed E-state index contributed by atoms with van der Waals surface area (Å²) < 4.78 is 5.11. The predicted octanol–water partition coefficient (Wildman–Crippen LogP) is 3.58. The molecule has 3 aromatic heterocycles. The molecule has 1 aliphatic rings. The van der Waals surface area contributed by atoms with E-state index in [1.807, 2.05) is 12.1 Å². The van der Waals surface area contributed by atoms with Gasteiger partial charge >= 0.3 is 5.97 Å². The van der Waals surface area contributed by atoms with E-state index in [0.717, 1.165) is 22.7 Å². The number of nitrogens with zero attached hydrogens (tertiary/aromatic N) is 3. The van der Waals surface area contributed by atoms with Crippen molar-refractivity contribution in [3.05, 3.63) is 46.2 Å². The summed E-state index contributed by atoms with van der Waals surface area (Å²) in [6.07, 6.45) is 4.83. The second-order valence-corrected chi connectivity index (χ2v) is 7.97. The van der Waals surface area contributed by atoms with Crippen LogP contribution in [0.3, 0.4) is 0 Å². The molecule has 0 bridgehead atoms. The van der Waals surface area contributed by atoms with Gasteiger partial charge in [0.1, 0.15) is 11.6 Å². The molecule has 0 aromatic carbocycles. The van der Waals surface area contributed by atoms with Crippen molar-refractivity contribution < 1.29 is 14.3 Å². The van der Waals surface area contributed by atoms with E-state index in [1.165, 1.54) is 22.7 Å². The molecule has 144 valence electrons. The topological polar surface area (TPSA) is 106 Å². The number of pyridine rings is 1. The Balaban J connectivity index is 1.42. The third kappa shape index (κ3) is 3.87. The van der Waals surface area contributed by atoms with E-state index in [0.29, 0.717) is 29.0 Å². The molecule has 0 saturated carbocycles. The number of carbonyl (C=O) groups is 2. The second-order valence-electron chi connectivity index (χ2n) is 6.03. The van der Waals surface area contributed by atoms with Crippen LogP contribution in [0.25, 0.3) is 0 Å². The van der Waals surface area contributed by atoms with Crippen molar-refractivity contribution in [3.8, 4) is 0 Å². The minimum Gasteiger partial charge on any atom is -0.465 e. The molecule has 1 atom stereocenters. The summed E-state index contributed by atoms with van der Waals surface area (Å²) in [5, 5.41) is 8.63. The van der Waals surface area contributed by atoms with E-state index in [-0.39, 0.29) is 17.8 Å². The van der Waals surface area contributed by atoms with E-state index < -0.39 is 0 Å². The van der Waals surface area contributed by atoms with Crippen LogP contribution in [0.1, 0.15) is 40.3 Å². The van der Waals surface area contributed by atoms with Gasteiger partial charge in [-0.15, -0.1) is 22.7 Å². The van der Waals surface area contributed by atoms with Gasteiger partial charge in [-0.2, -0.15) is 0 Å². The Bertz CT molecular complexity index is 1000. The van der Waals surface area contributed by atoms with Gasteiger partial charge in [-0.05, 0) is 31.9 Å². The van der Waals surface area contributed by atoms with Gasteiger partial charge in [0.2, 0.25) is 0 Å². The van der Waals surface area contributed by atoms with Gasteiger partial charge in [0.25, 0.3) is 5.91 Å². The molecule has 0 spiro atoms. The Labute approximate surface area is 169 Å². The smallest absolute Gasteiger partial charge is 0.315 e. The number of carbonyl (C=O) groups excluding carboxylic acids is 2. The lowest BCUT2D eigenvalue weighted by Crippen LogP contribution is -2.15. The predicted molar refractivity (Wildman–Crippen MR) is 107 cm³/mol.